The van der Waals surface area contributed by atoms with Gasteiger partial charge in [-0.15, -0.1) is 11.3 Å². The monoisotopic (exact) mass is 504 g/mol. The lowest BCUT2D eigenvalue weighted by Gasteiger charge is -2.33. The highest BCUT2D eigenvalue weighted by atomic mass is 32.2. The predicted octanol–water partition coefficient (Wildman–Crippen LogP) is 6.59. The fourth-order valence-corrected chi connectivity index (χ4v) is 7.05. The van der Waals surface area contributed by atoms with Gasteiger partial charge in [-0.1, -0.05) is 62.9 Å². The number of aromatic carboxylic acids is 1. The molecule has 0 aliphatic heterocycles. The van der Waals surface area contributed by atoms with E-state index in [1.54, 1.807) is 28.0 Å². The number of aromatic nitrogens is 2. The number of rotatable bonds is 5. The summed E-state index contributed by atoms with van der Waals surface area (Å²) in [5.41, 5.74) is 3.47. The molecule has 1 N–H and O–H groups in total. The summed E-state index contributed by atoms with van der Waals surface area (Å²) in [6.07, 6.45) is 3.02. The zero-order chi connectivity index (χ0) is 24.7. The van der Waals surface area contributed by atoms with Crippen LogP contribution in [-0.4, -0.2) is 20.6 Å². The standard InChI is InChI=1S/C28H28N2O3S2/c1-28(2,3)19-13-14-21-22(15-19)35-24-23(21)25(31)30(20-7-5-4-6-8-20)27(29-24)34-16-17-9-11-18(12-10-17)26(32)33/h4-12,19H,13-16H2,1-3H3,(H,32,33)/t19-/m0/s1. The third-order valence-electron chi connectivity index (χ3n) is 6.86. The minimum Gasteiger partial charge on any atom is -0.478 e. The summed E-state index contributed by atoms with van der Waals surface area (Å²) < 4.78 is 1.74. The largest absolute Gasteiger partial charge is 0.478 e. The summed E-state index contributed by atoms with van der Waals surface area (Å²) in [4.78, 5) is 32.3. The number of carbonyl (C=O) groups is 1. The van der Waals surface area contributed by atoms with E-state index in [-0.39, 0.29) is 16.5 Å². The van der Waals surface area contributed by atoms with E-state index in [1.165, 1.54) is 22.2 Å². The summed E-state index contributed by atoms with van der Waals surface area (Å²) in [7, 11) is 0. The van der Waals surface area contributed by atoms with E-state index in [9.17, 15) is 9.59 Å². The van der Waals surface area contributed by atoms with Gasteiger partial charge in [-0.2, -0.15) is 0 Å². The second kappa shape index (κ2) is 9.28. The molecule has 1 aliphatic carbocycles. The van der Waals surface area contributed by atoms with Crippen LogP contribution < -0.4 is 5.56 Å². The number of fused-ring (bicyclic) bond motifs is 3. The molecule has 0 spiro atoms. The fraction of sp³-hybridized carbons (Fsp3) is 0.321. The number of aryl methyl sites for hydroxylation is 1. The molecule has 0 saturated heterocycles. The Morgan fingerprint density at radius 3 is 2.51 bits per heavy atom. The molecule has 0 fully saturated rings. The molecule has 1 aliphatic rings. The lowest BCUT2D eigenvalue weighted by atomic mass is 9.72. The number of para-hydroxylation sites is 1. The van der Waals surface area contributed by atoms with Gasteiger partial charge in [0.1, 0.15) is 4.83 Å². The van der Waals surface area contributed by atoms with Crippen LogP contribution in [0.2, 0.25) is 0 Å². The van der Waals surface area contributed by atoms with Crippen LogP contribution in [0.3, 0.4) is 0 Å². The second-order valence-corrected chi connectivity index (χ2v) is 12.2. The van der Waals surface area contributed by atoms with Crippen LogP contribution in [-0.2, 0) is 18.6 Å². The van der Waals surface area contributed by atoms with Crippen molar-refractivity contribution in [3.8, 4) is 5.69 Å². The molecule has 0 unspecified atom stereocenters. The molecular weight excluding hydrogens is 476 g/mol. The molecule has 0 saturated carbocycles. The Balaban J connectivity index is 1.57. The Morgan fingerprint density at radius 1 is 1.14 bits per heavy atom. The predicted molar refractivity (Wildman–Crippen MR) is 143 cm³/mol. The molecule has 180 valence electrons. The molecule has 0 amide bonds. The molecular formula is C28H28N2O3S2. The number of thioether (sulfide) groups is 1. The van der Waals surface area contributed by atoms with Crippen LogP contribution in [0.15, 0.2) is 64.5 Å². The van der Waals surface area contributed by atoms with Gasteiger partial charge >= 0.3 is 5.97 Å². The lowest BCUT2D eigenvalue weighted by Crippen LogP contribution is -2.27. The lowest BCUT2D eigenvalue weighted by molar-refractivity contribution is 0.0697. The molecule has 35 heavy (non-hydrogen) atoms. The first-order valence-corrected chi connectivity index (χ1v) is 13.6. The molecule has 0 radical (unpaired) electrons. The molecule has 5 nitrogen and oxygen atoms in total. The SMILES string of the molecule is CC(C)(C)[C@H]1CCc2c(sc3nc(SCc4ccc(C(=O)O)cc4)n(-c4ccccc4)c(=O)c23)C1. The third kappa shape index (κ3) is 4.67. The van der Waals surface area contributed by atoms with Crippen molar-refractivity contribution >= 4 is 39.3 Å². The Kier molecular flexibility index (Phi) is 6.32. The highest BCUT2D eigenvalue weighted by Gasteiger charge is 2.32. The number of hydrogen-bond acceptors (Lipinski definition) is 5. The van der Waals surface area contributed by atoms with Crippen molar-refractivity contribution in [3.63, 3.8) is 0 Å². The summed E-state index contributed by atoms with van der Waals surface area (Å²) in [6.45, 7) is 6.90. The molecule has 1 atom stereocenters. The van der Waals surface area contributed by atoms with Crippen LogP contribution in [0, 0.1) is 11.3 Å². The van der Waals surface area contributed by atoms with Crippen molar-refractivity contribution in [1.82, 2.24) is 9.55 Å². The second-order valence-electron chi connectivity index (χ2n) is 10.2. The van der Waals surface area contributed by atoms with Crippen molar-refractivity contribution in [1.29, 1.82) is 0 Å². The minimum absolute atomic E-state index is 0.00312. The van der Waals surface area contributed by atoms with Crippen LogP contribution in [0.4, 0.5) is 0 Å². The maximum Gasteiger partial charge on any atom is 0.335 e. The molecule has 2 aromatic heterocycles. The minimum atomic E-state index is -0.940. The Morgan fingerprint density at radius 2 is 1.86 bits per heavy atom. The number of thiophene rings is 1. The van der Waals surface area contributed by atoms with E-state index in [1.807, 2.05) is 42.5 Å². The Hall–Kier alpha value is -2.90. The summed E-state index contributed by atoms with van der Waals surface area (Å²) in [5.74, 6) is 0.244. The fourth-order valence-electron chi connectivity index (χ4n) is 4.74. The zero-order valence-electron chi connectivity index (χ0n) is 20.1. The van der Waals surface area contributed by atoms with Crippen LogP contribution in [0.5, 0.6) is 0 Å². The van der Waals surface area contributed by atoms with Gasteiger partial charge in [0, 0.05) is 10.6 Å². The first-order valence-electron chi connectivity index (χ1n) is 11.8. The number of carboxylic acid groups (broad SMARTS) is 1. The maximum absolute atomic E-state index is 13.9. The van der Waals surface area contributed by atoms with E-state index in [0.717, 1.165) is 40.7 Å². The van der Waals surface area contributed by atoms with Crippen LogP contribution in [0.1, 0.15) is 53.6 Å². The topological polar surface area (TPSA) is 72.2 Å². The van der Waals surface area contributed by atoms with Crippen LogP contribution in [0.25, 0.3) is 15.9 Å². The van der Waals surface area contributed by atoms with Crippen molar-refractivity contribution in [3.05, 3.63) is 86.5 Å². The Labute approximate surface area is 212 Å². The van der Waals surface area contributed by atoms with E-state index in [4.69, 9.17) is 10.1 Å². The zero-order valence-corrected chi connectivity index (χ0v) is 21.7. The van der Waals surface area contributed by atoms with Crippen LogP contribution >= 0.6 is 23.1 Å². The van der Waals surface area contributed by atoms with Gasteiger partial charge in [-0.3, -0.25) is 9.36 Å². The van der Waals surface area contributed by atoms with E-state index >= 15 is 0 Å². The smallest absolute Gasteiger partial charge is 0.335 e. The number of nitrogens with zero attached hydrogens (tertiary/aromatic N) is 2. The van der Waals surface area contributed by atoms with Gasteiger partial charge in [0.05, 0.1) is 16.6 Å². The number of carboxylic acids is 1. The third-order valence-corrected chi connectivity index (χ3v) is 9.02. The average Bonchev–Trinajstić information content (AvgIpc) is 3.21. The molecule has 5 rings (SSSR count). The molecule has 2 heterocycles. The van der Waals surface area contributed by atoms with E-state index < -0.39 is 5.97 Å². The van der Waals surface area contributed by atoms with Gasteiger partial charge in [0.15, 0.2) is 5.16 Å². The first kappa shape index (κ1) is 23.8. The van der Waals surface area contributed by atoms with Gasteiger partial charge in [-0.05, 0) is 66.0 Å². The van der Waals surface area contributed by atoms with Gasteiger partial charge in [-0.25, -0.2) is 9.78 Å². The highest BCUT2D eigenvalue weighted by molar-refractivity contribution is 7.98. The number of hydrogen-bond donors (Lipinski definition) is 1. The van der Waals surface area contributed by atoms with Crippen molar-refractivity contribution in [2.75, 3.05) is 0 Å². The maximum atomic E-state index is 13.9. The normalized spacial score (nSPS) is 15.8. The van der Waals surface area contributed by atoms with Crippen molar-refractivity contribution < 1.29 is 9.90 Å². The molecule has 4 aromatic rings. The Bertz CT molecular complexity index is 1450. The first-order chi connectivity index (χ1) is 16.7. The highest BCUT2D eigenvalue weighted by Crippen LogP contribution is 2.42. The van der Waals surface area contributed by atoms with E-state index in [2.05, 4.69) is 20.8 Å². The van der Waals surface area contributed by atoms with Gasteiger partial charge < -0.3 is 5.11 Å². The summed E-state index contributed by atoms with van der Waals surface area (Å²) in [5, 5.41) is 10.6. The van der Waals surface area contributed by atoms with Gasteiger partial charge in [0.2, 0.25) is 0 Å². The molecule has 0 bridgehead atoms. The molecule has 2 aromatic carbocycles. The average molecular weight is 505 g/mol. The van der Waals surface area contributed by atoms with Gasteiger partial charge in [0.25, 0.3) is 5.56 Å². The van der Waals surface area contributed by atoms with Crippen molar-refractivity contribution in [2.24, 2.45) is 11.3 Å². The summed E-state index contributed by atoms with van der Waals surface area (Å²) >= 11 is 3.18. The summed E-state index contributed by atoms with van der Waals surface area (Å²) in [6, 6.07) is 16.5. The number of benzene rings is 2. The van der Waals surface area contributed by atoms with E-state index in [0.29, 0.717) is 16.8 Å². The molecule has 7 heteroatoms. The van der Waals surface area contributed by atoms with Crippen molar-refractivity contribution in [2.45, 2.75) is 50.9 Å². The quantitative estimate of drug-likeness (QED) is 0.245.